The van der Waals surface area contributed by atoms with E-state index < -0.39 is 29.7 Å². The minimum Gasteiger partial charge on any atom is -0.497 e. The number of hydrogen-bond acceptors (Lipinski definition) is 9. The molecule has 2 aliphatic heterocycles. The summed E-state index contributed by atoms with van der Waals surface area (Å²) in [5, 5.41) is 9.02. The molecular formula is C30H46N4O6S2. The number of ether oxygens (including phenoxy) is 2. The average Bonchev–Trinajstić information content (AvgIpc) is 3.51. The second-order valence-electron chi connectivity index (χ2n) is 11.1. The molecule has 1 aromatic rings. The van der Waals surface area contributed by atoms with Gasteiger partial charge in [-0.1, -0.05) is 54.0 Å². The summed E-state index contributed by atoms with van der Waals surface area (Å²) < 4.78 is 10.6. The molecule has 3 atom stereocenters. The Bertz CT molecular complexity index is 1010. The SMILES string of the molecule is COc1ccc(C[C@H](NC(=O)[C@@H](NC(=O)CCCCC2CCSS2)C(C)C)C(=O)C(=O)NCCN2CCOCC2)cc1. The van der Waals surface area contributed by atoms with Crippen LogP contribution in [0.25, 0.3) is 0 Å². The second-order valence-corrected chi connectivity index (χ2v) is 13.8. The number of nitrogens with one attached hydrogen (secondary N) is 3. The fourth-order valence-corrected chi connectivity index (χ4v) is 7.90. The molecule has 3 N–H and O–H groups in total. The number of morpholine rings is 1. The van der Waals surface area contributed by atoms with Crippen LogP contribution in [-0.4, -0.2) is 98.0 Å². The van der Waals surface area contributed by atoms with Gasteiger partial charge in [0.2, 0.25) is 17.6 Å². The lowest BCUT2D eigenvalue weighted by Crippen LogP contribution is -2.56. The maximum Gasteiger partial charge on any atom is 0.289 e. The molecule has 2 fully saturated rings. The van der Waals surface area contributed by atoms with Crippen molar-refractivity contribution in [1.29, 1.82) is 0 Å². The van der Waals surface area contributed by atoms with E-state index in [1.807, 2.05) is 35.4 Å². The van der Waals surface area contributed by atoms with Gasteiger partial charge in [0.1, 0.15) is 17.8 Å². The van der Waals surface area contributed by atoms with Crippen LogP contribution in [0.3, 0.4) is 0 Å². The zero-order valence-corrected chi connectivity index (χ0v) is 26.7. The monoisotopic (exact) mass is 622 g/mol. The summed E-state index contributed by atoms with van der Waals surface area (Å²) in [7, 11) is 5.42. The van der Waals surface area contributed by atoms with Gasteiger partial charge < -0.3 is 25.4 Å². The van der Waals surface area contributed by atoms with Gasteiger partial charge in [0.25, 0.3) is 5.91 Å². The van der Waals surface area contributed by atoms with Gasteiger partial charge in [-0.25, -0.2) is 0 Å². The highest BCUT2D eigenvalue weighted by atomic mass is 33.1. The molecule has 0 aliphatic carbocycles. The number of carbonyl (C=O) groups is 4. The fourth-order valence-electron chi connectivity index (χ4n) is 4.87. The topological polar surface area (TPSA) is 126 Å². The van der Waals surface area contributed by atoms with Gasteiger partial charge in [-0.3, -0.25) is 24.1 Å². The molecule has 12 heteroatoms. The van der Waals surface area contributed by atoms with Crippen LogP contribution in [0.15, 0.2) is 24.3 Å². The lowest BCUT2D eigenvalue weighted by Gasteiger charge is -2.27. The molecule has 2 saturated heterocycles. The Labute approximate surface area is 257 Å². The van der Waals surface area contributed by atoms with Crippen molar-refractivity contribution in [2.75, 3.05) is 52.3 Å². The molecule has 1 unspecified atom stereocenters. The summed E-state index contributed by atoms with van der Waals surface area (Å²) >= 11 is 0. The van der Waals surface area contributed by atoms with E-state index in [2.05, 4.69) is 20.9 Å². The van der Waals surface area contributed by atoms with E-state index in [1.165, 1.54) is 12.2 Å². The number of rotatable bonds is 17. The van der Waals surface area contributed by atoms with Gasteiger partial charge in [0.05, 0.1) is 20.3 Å². The number of methoxy groups -OCH3 is 1. The van der Waals surface area contributed by atoms with Crippen molar-refractivity contribution in [3.8, 4) is 5.75 Å². The highest BCUT2D eigenvalue weighted by molar-refractivity contribution is 8.77. The lowest BCUT2D eigenvalue weighted by atomic mass is 9.98. The van der Waals surface area contributed by atoms with Crippen LogP contribution >= 0.6 is 21.6 Å². The summed E-state index contributed by atoms with van der Waals surface area (Å²) in [6, 6.07) is 5.22. The summed E-state index contributed by atoms with van der Waals surface area (Å²) in [4.78, 5) is 54.5. The molecule has 234 valence electrons. The van der Waals surface area contributed by atoms with Gasteiger partial charge in [-0.05, 0) is 42.9 Å². The number of ketones is 1. The average molecular weight is 623 g/mol. The van der Waals surface area contributed by atoms with E-state index in [0.29, 0.717) is 43.7 Å². The highest BCUT2D eigenvalue weighted by Crippen LogP contribution is 2.39. The van der Waals surface area contributed by atoms with Crippen molar-refractivity contribution in [1.82, 2.24) is 20.9 Å². The van der Waals surface area contributed by atoms with Crippen LogP contribution in [0.2, 0.25) is 0 Å². The molecule has 1 aromatic carbocycles. The summed E-state index contributed by atoms with van der Waals surface area (Å²) in [6.45, 7) is 7.47. The number of hydrogen-bond donors (Lipinski definition) is 3. The Hall–Kier alpha value is -2.28. The number of benzene rings is 1. The zero-order chi connectivity index (χ0) is 30.3. The number of nitrogens with zero attached hydrogens (tertiary/aromatic N) is 1. The third-order valence-corrected chi connectivity index (χ3v) is 10.5. The lowest BCUT2D eigenvalue weighted by molar-refractivity contribution is -0.140. The summed E-state index contributed by atoms with van der Waals surface area (Å²) in [6.07, 6.45) is 4.54. The molecule has 0 saturated carbocycles. The molecule has 3 amide bonds. The summed E-state index contributed by atoms with van der Waals surface area (Å²) in [5.41, 5.74) is 0.763. The normalized spacial score (nSPS) is 18.7. The van der Waals surface area contributed by atoms with Crippen molar-refractivity contribution in [3.05, 3.63) is 29.8 Å². The van der Waals surface area contributed by atoms with E-state index >= 15 is 0 Å². The molecule has 0 radical (unpaired) electrons. The first-order valence-corrected chi connectivity index (χ1v) is 17.3. The van der Waals surface area contributed by atoms with Gasteiger partial charge >= 0.3 is 0 Å². The van der Waals surface area contributed by atoms with Gasteiger partial charge in [-0.15, -0.1) is 0 Å². The van der Waals surface area contributed by atoms with Crippen LogP contribution in [0.5, 0.6) is 5.75 Å². The molecule has 2 heterocycles. The highest BCUT2D eigenvalue weighted by Gasteiger charge is 2.31. The van der Waals surface area contributed by atoms with Crippen LogP contribution in [0.1, 0.15) is 51.5 Å². The van der Waals surface area contributed by atoms with Crippen molar-refractivity contribution < 1.29 is 28.7 Å². The minimum absolute atomic E-state index is 0.127. The smallest absolute Gasteiger partial charge is 0.289 e. The van der Waals surface area contributed by atoms with Crippen LogP contribution < -0.4 is 20.7 Å². The molecule has 0 aromatic heterocycles. The first kappa shape index (κ1) is 34.2. The van der Waals surface area contributed by atoms with Crippen LogP contribution in [0, 0.1) is 5.92 Å². The Morgan fingerprint density at radius 2 is 1.81 bits per heavy atom. The Balaban J connectivity index is 1.58. The molecule has 2 aliphatic rings. The van der Waals surface area contributed by atoms with E-state index in [4.69, 9.17) is 9.47 Å². The fraction of sp³-hybridized carbons (Fsp3) is 0.667. The first-order chi connectivity index (χ1) is 20.3. The van der Waals surface area contributed by atoms with Crippen molar-refractivity contribution >= 4 is 45.1 Å². The number of unbranched alkanes of at least 4 members (excludes halogenated alkanes) is 1. The molecule has 42 heavy (non-hydrogen) atoms. The van der Waals surface area contributed by atoms with Crippen LogP contribution in [-0.2, 0) is 30.3 Å². The van der Waals surface area contributed by atoms with Gasteiger partial charge in [-0.2, -0.15) is 0 Å². The number of Topliss-reactive ketones (excluding diaryl/α,β-unsaturated/α-hetero) is 1. The van der Waals surface area contributed by atoms with Crippen LogP contribution in [0.4, 0.5) is 0 Å². The number of carbonyl (C=O) groups excluding carboxylic acids is 4. The Morgan fingerprint density at radius 1 is 1.07 bits per heavy atom. The predicted octanol–water partition coefficient (Wildman–Crippen LogP) is 2.59. The van der Waals surface area contributed by atoms with Crippen molar-refractivity contribution in [2.24, 2.45) is 5.92 Å². The number of amides is 3. The maximum atomic E-state index is 13.4. The largest absolute Gasteiger partial charge is 0.497 e. The third kappa shape index (κ3) is 11.8. The van der Waals surface area contributed by atoms with E-state index in [1.54, 1.807) is 31.4 Å². The Kier molecular flexibility index (Phi) is 15.0. The molecular weight excluding hydrogens is 576 g/mol. The summed E-state index contributed by atoms with van der Waals surface area (Å²) in [5.74, 6) is -0.486. The van der Waals surface area contributed by atoms with Gasteiger partial charge in [0.15, 0.2) is 0 Å². The molecule has 0 spiro atoms. The van der Waals surface area contributed by atoms with Gasteiger partial charge in [0, 0.05) is 50.0 Å². The first-order valence-electron chi connectivity index (χ1n) is 14.9. The second kappa shape index (κ2) is 18.4. The molecule has 0 bridgehead atoms. The predicted molar refractivity (Wildman–Crippen MR) is 168 cm³/mol. The molecule has 10 nitrogen and oxygen atoms in total. The standard InChI is InChI=1S/C30H46N4O6S2/c1-21(2)27(33-26(35)7-5-4-6-24-12-19-41-42-24)29(37)32-25(20-22-8-10-23(39-3)11-9-22)28(36)30(38)31-13-14-34-15-17-40-18-16-34/h8-11,21,24-25,27H,4-7,12-20H2,1-3H3,(H,31,38)(H,32,37)(H,33,35)/t24?,25-,27-/m0/s1. The third-order valence-electron chi connectivity index (χ3n) is 7.45. The molecule has 3 rings (SSSR count). The van der Waals surface area contributed by atoms with E-state index in [-0.39, 0.29) is 18.2 Å². The van der Waals surface area contributed by atoms with E-state index in [9.17, 15) is 19.2 Å². The maximum absolute atomic E-state index is 13.4. The Morgan fingerprint density at radius 3 is 2.45 bits per heavy atom. The van der Waals surface area contributed by atoms with Crippen molar-refractivity contribution in [2.45, 2.75) is 69.7 Å². The van der Waals surface area contributed by atoms with Crippen molar-refractivity contribution in [3.63, 3.8) is 0 Å². The van der Waals surface area contributed by atoms with E-state index in [0.717, 1.165) is 37.9 Å². The zero-order valence-electron chi connectivity index (χ0n) is 25.0. The minimum atomic E-state index is -1.09. The quantitative estimate of drug-likeness (QED) is 0.137.